The van der Waals surface area contributed by atoms with E-state index in [1.54, 1.807) is 36.8 Å². The van der Waals surface area contributed by atoms with Crippen LogP contribution >= 0.6 is 22.1 Å². The molecule has 3 atom stereocenters. The fourth-order valence-corrected chi connectivity index (χ4v) is 6.67. The summed E-state index contributed by atoms with van der Waals surface area (Å²) in [6.45, 7) is 0.688. The number of fused-ring (bicyclic) bond motifs is 1. The minimum absolute atomic E-state index is 0.00113. The Morgan fingerprint density at radius 2 is 1.97 bits per heavy atom. The molecule has 0 spiro atoms. The molecular weight excluding hydrogens is 532 g/mol. The highest BCUT2D eigenvalue weighted by Crippen LogP contribution is 2.35. The number of alkyl halides is 4. The molecular formula is C25H23ClF4N4O2S. The molecule has 2 aromatic carbocycles. The summed E-state index contributed by atoms with van der Waals surface area (Å²) in [5.41, 5.74) is 0.518. The number of benzene rings is 2. The maximum atomic E-state index is 14.6. The van der Waals surface area contributed by atoms with E-state index < -0.39 is 34.4 Å². The lowest BCUT2D eigenvalue weighted by Crippen LogP contribution is -2.53. The molecule has 2 saturated heterocycles. The molecule has 2 aliphatic heterocycles. The molecule has 2 aliphatic rings. The molecule has 1 aromatic heterocycles. The number of imide groups is 1. The maximum absolute atomic E-state index is 14.6. The van der Waals surface area contributed by atoms with Crippen LogP contribution in [0.15, 0.2) is 42.6 Å². The zero-order valence-electron chi connectivity index (χ0n) is 19.7. The minimum atomic E-state index is -4.55. The summed E-state index contributed by atoms with van der Waals surface area (Å²) in [7, 11) is 0.779. The molecule has 0 N–H and O–H groups in total. The summed E-state index contributed by atoms with van der Waals surface area (Å²) >= 11 is 5.78. The SMILES string of the molecule is CN1CC[C@@H](N2C(=O)C/S(=C\c3ccc4c(cnn4Cc4ccc(Cl)cc4C(F)(F)F)c3)C2=O)[C@H](F)C1. The van der Waals surface area contributed by atoms with E-state index in [1.807, 2.05) is 4.90 Å². The molecule has 3 heterocycles. The van der Waals surface area contributed by atoms with Crippen LogP contribution in [0, 0.1) is 0 Å². The zero-order valence-corrected chi connectivity index (χ0v) is 21.3. The highest BCUT2D eigenvalue weighted by Gasteiger charge is 2.43. The second-order valence-electron chi connectivity index (χ2n) is 9.27. The predicted molar refractivity (Wildman–Crippen MR) is 136 cm³/mol. The number of carbonyl (C=O) groups is 2. The summed E-state index contributed by atoms with van der Waals surface area (Å²) in [6.07, 6.45) is -3.89. The molecule has 1 unspecified atom stereocenters. The number of nitrogens with zero attached hydrogens (tertiary/aromatic N) is 4. The fraction of sp³-hybridized carbons (Fsp3) is 0.360. The normalized spacial score (nSPS) is 23.5. The Balaban J connectivity index is 1.39. The Hall–Kier alpha value is -2.76. The van der Waals surface area contributed by atoms with Gasteiger partial charge in [-0.2, -0.15) is 18.3 Å². The number of rotatable bonds is 4. The van der Waals surface area contributed by atoms with Crippen molar-refractivity contribution >= 4 is 49.5 Å². The summed E-state index contributed by atoms with van der Waals surface area (Å²) in [5, 5.41) is 6.26. The van der Waals surface area contributed by atoms with Gasteiger partial charge in [-0.25, -0.2) is 4.39 Å². The second kappa shape index (κ2) is 9.85. The van der Waals surface area contributed by atoms with E-state index in [1.165, 1.54) is 16.8 Å². The Morgan fingerprint density at radius 3 is 2.70 bits per heavy atom. The summed E-state index contributed by atoms with van der Waals surface area (Å²) < 4.78 is 56.6. The summed E-state index contributed by atoms with van der Waals surface area (Å²) in [6, 6.07) is 8.12. The van der Waals surface area contributed by atoms with Crippen LogP contribution in [0.25, 0.3) is 10.9 Å². The van der Waals surface area contributed by atoms with Crippen molar-refractivity contribution in [1.29, 1.82) is 0 Å². The van der Waals surface area contributed by atoms with Crippen LogP contribution in [0.3, 0.4) is 0 Å². The van der Waals surface area contributed by atoms with E-state index in [0.717, 1.165) is 11.0 Å². The van der Waals surface area contributed by atoms with E-state index in [0.29, 0.717) is 29.4 Å². The average Bonchev–Trinajstić information content (AvgIpc) is 3.34. The van der Waals surface area contributed by atoms with E-state index in [9.17, 15) is 27.2 Å². The van der Waals surface area contributed by atoms with Crippen LogP contribution in [0.2, 0.25) is 5.02 Å². The smallest absolute Gasteiger partial charge is 0.303 e. The molecule has 12 heteroatoms. The first-order valence-corrected chi connectivity index (χ1v) is 13.4. The van der Waals surface area contributed by atoms with Crippen molar-refractivity contribution in [3.8, 4) is 0 Å². The first-order valence-electron chi connectivity index (χ1n) is 11.6. The topological polar surface area (TPSA) is 58.4 Å². The van der Waals surface area contributed by atoms with Gasteiger partial charge in [0.15, 0.2) is 0 Å². The number of hydrogen-bond acceptors (Lipinski definition) is 4. The predicted octanol–water partition coefficient (Wildman–Crippen LogP) is 5.18. The van der Waals surface area contributed by atoms with Gasteiger partial charge in [0.05, 0.1) is 35.6 Å². The first kappa shape index (κ1) is 25.9. The molecule has 37 heavy (non-hydrogen) atoms. The molecule has 0 bridgehead atoms. The highest BCUT2D eigenvalue weighted by molar-refractivity contribution is 8.28. The van der Waals surface area contributed by atoms with Gasteiger partial charge >= 0.3 is 6.18 Å². The Kier molecular flexibility index (Phi) is 6.88. The van der Waals surface area contributed by atoms with Crippen LogP contribution in [0.5, 0.6) is 0 Å². The summed E-state index contributed by atoms with van der Waals surface area (Å²) in [4.78, 5) is 28.6. The number of amides is 2. The number of aromatic nitrogens is 2. The highest BCUT2D eigenvalue weighted by atomic mass is 35.5. The van der Waals surface area contributed by atoms with Crippen LogP contribution < -0.4 is 0 Å². The van der Waals surface area contributed by atoms with Gasteiger partial charge in [-0.3, -0.25) is 19.2 Å². The number of hydrogen-bond donors (Lipinski definition) is 0. The minimum Gasteiger partial charge on any atom is -0.303 e. The van der Waals surface area contributed by atoms with Gasteiger partial charge in [0, 0.05) is 23.5 Å². The molecule has 0 saturated carbocycles. The Labute approximate surface area is 217 Å². The maximum Gasteiger partial charge on any atom is 0.416 e. The van der Waals surface area contributed by atoms with Crippen molar-refractivity contribution in [3.63, 3.8) is 0 Å². The largest absolute Gasteiger partial charge is 0.416 e. The molecule has 196 valence electrons. The van der Waals surface area contributed by atoms with Gasteiger partial charge in [0.2, 0.25) is 5.91 Å². The monoisotopic (exact) mass is 554 g/mol. The molecule has 2 fully saturated rings. The van der Waals surface area contributed by atoms with Gasteiger partial charge < -0.3 is 4.90 Å². The number of carbonyl (C=O) groups excluding carboxylic acids is 2. The van der Waals surface area contributed by atoms with Crippen molar-refractivity contribution in [2.24, 2.45) is 0 Å². The van der Waals surface area contributed by atoms with E-state index in [2.05, 4.69) is 5.10 Å². The fourth-order valence-electron chi connectivity index (χ4n) is 4.82. The second-order valence-corrected chi connectivity index (χ2v) is 11.4. The van der Waals surface area contributed by atoms with Gasteiger partial charge in [0.1, 0.15) is 6.17 Å². The van der Waals surface area contributed by atoms with Crippen molar-refractivity contribution in [2.45, 2.75) is 31.4 Å². The lowest BCUT2D eigenvalue weighted by molar-refractivity contribution is -0.138. The van der Waals surface area contributed by atoms with Gasteiger partial charge in [0.25, 0.3) is 5.24 Å². The van der Waals surface area contributed by atoms with Crippen molar-refractivity contribution in [3.05, 3.63) is 64.3 Å². The molecule has 3 aromatic rings. The number of likely N-dealkylation sites (tertiary alicyclic amines) is 1. The van der Waals surface area contributed by atoms with Crippen LogP contribution in [-0.2, 0) is 17.5 Å². The molecule has 5 rings (SSSR count). The average molecular weight is 555 g/mol. The van der Waals surface area contributed by atoms with Crippen molar-refractivity contribution in [1.82, 2.24) is 19.6 Å². The van der Waals surface area contributed by atoms with Crippen molar-refractivity contribution < 1.29 is 27.2 Å². The quantitative estimate of drug-likeness (QED) is 0.329. The molecule has 0 radical (unpaired) electrons. The molecule has 2 amide bonds. The zero-order chi connectivity index (χ0) is 26.5. The van der Waals surface area contributed by atoms with Crippen LogP contribution in [0.4, 0.5) is 22.4 Å². The van der Waals surface area contributed by atoms with Crippen LogP contribution in [-0.4, -0.2) is 74.2 Å². The number of halogens is 5. The standard InChI is InChI=1S/C25H23ClF4N4O2S/c1-32-7-6-22(20(27)12-32)34-23(35)14-37(24(34)36)13-15-2-5-21-17(8-15)10-31-33(21)11-16-3-4-18(26)9-19(16)25(28,29)30/h2-5,8-10,13,20,22H,6-7,11-12,14H2,1H3/t20-,22-,37?/m1/s1. The number of piperidine rings is 1. The van der Waals surface area contributed by atoms with Gasteiger partial charge in [-0.1, -0.05) is 34.2 Å². The third kappa shape index (κ3) is 5.17. The Morgan fingerprint density at radius 1 is 1.19 bits per heavy atom. The Bertz CT molecular complexity index is 1420. The van der Waals surface area contributed by atoms with Crippen molar-refractivity contribution in [2.75, 3.05) is 25.9 Å². The van der Waals surface area contributed by atoms with E-state index >= 15 is 0 Å². The third-order valence-electron chi connectivity index (χ3n) is 6.65. The lowest BCUT2D eigenvalue weighted by atomic mass is 10.0. The van der Waals surface area contributed by atoms with E-state index in [4.69, 9.17) is 11.6 Å². The lowest BCUT2D eigenvalue weighted by Gasteiger charge is -2.36. The van der Waals surface area contributed by atoms with E-state index in [-0.39, 0.29) is 40.6 Å². The summed E-state index contributed by atoms with van der Waals surface area (Å²) in [5.74, 6) is -0.356. The molecule has 0 aliphatic carbocycles. The third-order valence-corrected chi connectivity index (χ3v) is 8.65. The van der Waals surface area contributed by atoms with Gasteiger partial charge in [-0.15, -0.1) is 0 Å². The van der Waals surface area contributed by atoms with Crippen LogP contribution in [0.1, 0.15) is 23.1 Å². The first-order chi connectivity index (χ1) is 17.5. The molecule has 6 nitrogen and oxygen atoms in total. The van der Waals surface area contributed by atoms with Gasteiger partial charge in [-0.05, 0) is 54.2 Å².